The van der Waals surface area contributed by atoms with Crippen molar-refractivity contribution in [3.63, 3.8) is 0 Å². The molecule has 144 valence electrons. The van der Waals surface area contributed by atoms with Crippen molar-refractivity contribution in [2.24, 2.45) is 0 Å². The minimum Gasteiger partial charge on any atom is -0.375 e. The Morgan fingerprint density at radius 2 is 1.85 bits per heavy atom. The molecular formula is C22H28FN3O. The van der Waals surface area contributed by atoms with Gasteiger partial charge in [-0.1, -0.05) is 19.4 Å². The molecule has 0 saturated carbocycles. The zero-order valence-corrected chi connectivity index (χ0v) is 16.2. The number of carbonyl (C=O) groups excluding carboxylic acids is 1. The number of carbonyl (C=O) groups is 1. The topological polar surface area (TPSA) is 35.6 Å². The number of rotatable bonds is 7. The van der Waals surface area contributed by atoms with E-state index in [9.17, 15) is 9.18 Å². The summed E-state index contributed by atoms with van der Waals surface area (Å²) in [5.74, 6) is -0.688. The molecule has 1 N–H and O–H groups in total. The molecule has 1 saturated heterocycles. The lowest BCUT2D eigenvalue weighted by Gasteiger charge is -2.22. The predicted molar refractivity (Wildman–Crippen MR) is 110 cm³/mol. The predicted octanol–water partition coefficient (Wildman–Crippen LogP) is 4.91. The Balaban J connectivity index is 1.74. The van der Waals surface area contributed by atoms with Gasteiger partial charge in [-0.25, -0.2) is 4.39 Å². The first-order valence-electron chi connectivity index (χ1n) is 9.76. The van der Waals surface area contributed by atoms with Gasteiger partial charge in [0.05, 0.1) is 5.69 Å². The van der Waals surface area contributed by atoms with Gasteiger partial charge in [0.15, 0.2) is 0 Å². The number of anilines is 3. The van der Waals surface area contributed by atoms with Gasteiger partial charge in [0, 0.05) is 37.9 Å². The fourth-order valence-corrected chi connectivity index (χ4v) is 3.44. The highest BCUT2D eigenvalue weighted by Gasteiger charge is 2.20. The summed E-state index contributed by atoms with van der Waals surface area (Å²) in [6.07, 6.45) is 4.46. The summed E-state index contributed by atoms with van der Waals surface area (Å²) < 4.78 is 14.4. The second-order valence-electron chi connectivity index (χ2n) is 7.10. The van der Waals surface area contributed by atoms with Crippen molar-refractivity contribution < 1.29 is 9.18 Å². The highest BCUT2D eigenvalue weighted by molar-refractivity contribution is 6.06. The van der Waals surface area contributed by atoms with Crippen LogP contribution in [-0.4, -0.2) is 32.6 Å². The maximum atomic E-state index is 14.4. The van der Waals surface area contributed by atoms with Crippen LogP contribution in [0.25, 0.3) is 0 Å². The van der Waals surface area contributed by atoms with Gasteiger partial charge in [0.2, 0.25) is 0 Å². The number of nitrogens with one attached hydrogen (secondary N) is 1. The first-order chi connectivity index (χ1) is 13.1. The molecule has 2 aromatic rings. The fraction of sp³-hybridized carbons (Fsp3) is 0.409. The van der Waals surface area contributed by atoms with Crippen LogP contribution in [0.4, 0.5) is 21.5 Å². The van der Waals surface area contributed by atoms with E-state index >= 15 is 0 Å². The van der Waals surface area contributed by atoms with Gasteiger partial charge < -0.3 is 15.1 Å². The van der Waals surface area contributed by atoms with Gasteiger partial charge in [-0.05, 0) is 55.7 Å². The van der Waals surface area contributed by atoms with Gasteiger partial charge in [0.1, 0.15) is 11.5 Å². The van der Waals surface area contributed by atoms with Crippen LogP contribution in [0.1, 0.15) is 43.0 Å². The summed E-state index contributed by atoms with van der Waals surface area (Å²) in [5.41, 5.74) is 2.63. The maximum absolute atomic E-state index is 14.4. The van der Waals surface area contributed by atoms with Crippen molar-refractivity contribution in [1.29, 1.82) is 0 Å². The van der Waals surface area contributed by atoms with E-state index in [4.69, 9.17) is 0 Å². The van der Waals surface area contributed by atoms with Crippen molar-refractivity contribution in [2.75, 3.05) is 41.8 Å². The van der Waals surface area contributed by atoms with E-state index in [1.807, 2.05) is 25.2 Å². The lowest BCUT2D eigenvalue weighted by Crippen LogP contribution is -2.22. The smallest absolute Gasteiger partial charge is 0.255 e. The van der Waals surface area contributed by atoms with Gasteiger partial charge in [-0.3, -0.25) is 4.79 Å². The molecule has 1 aliphatic heterocycles. The third kappa shape index (κ3) is 4.59. The van der Waals surface area contributed by atoms with E-state index in [2.05, 4.69) is 22.0 Å². The van der Waals surface area contributed by atoms with E-state index in [1.54, 1.807) is 18.2 Å². The van der Waals surface area contributed by atoms with E-state index in [-0.39, 0.29) is 11.6 Å². The summed E-state index contributed by atoms with van der Waals surface area (Å²) in [6.45, 7) is 4.94. The summed E-state index contributed by atoms with van der Waals surface area (Å²) in [7, 11) is 2.05. The number of unbranched alkanes of at least 4 members (excludes halogenated alkanes) is 1. The number of halogens is 1. The highest BCUT2D eigenvalue weighted by atomic mass is 19.1. The van der Waals surface area contributed by atoms with Crippen LogP contribution in [0.15, 0.2) is 42.5 Å². The normalized spacial score (nSPS) is 13.7. The molecule has 5 heteroatoms. The first-order valence-corrected chi connectivity index (χ1v) is 9.76. The summed E-state index contributed by atoms with van der Waals surface area (Å²) in [6, 6.07) is 12.4. The quantitative estimate of drug-likeness (QED) is 0.753. The van der Waals surface area contributed by atoms with Gasteiger partial charge in [0.25, 0.3) is 5.91 Å². The van der Waals surface area contributed by atoms with E-state index < -0.39 is 5.82 Å². The minimum absolute atomic E-state index is 0.272. The molecule has 0 unspecified atom stereocenters. The Bertz CT molecular complexity index is 770. The number of nitrogens with zero attached hydrogens (tertiary/aromatic N) is 2. The monoisotopic (exact) mass is 369 g/mol. The van der Waals surface area contributed by atoms with Crippen LogP contribution in [0.5, 0.6) is 0 Å². The maximum Gasteiger partial charge on any atom is 0.255 e. The molecule has 3 rings (SSSR count). The van der Waals surface area contributed by atoms with Crippen LogP contribution in [0.2, 0.25) is 0 Å². The number of benzene rings is 2. The number of hydrogen-bond donors (Lipinski definition) is 1. The number of amides is 1. The standard InChI is InChI=1S/C22H28FN3O/c1-3-4-14-25(2)18-12-10-17(11-13-18)22(27)24-21-19(23)8-7-9-20(21)26-15-5-6-16-26/h7-13H,3-6,14-16H2,1-2H3,(H,24,27). The number of hydrogen-bond acceptors (Lipinski definition) is 3. The number of para-hydroxylation sites is 1. The summed E-state index contributed by atoms with van der Waals surface area (Å²) in [5, 5.41) is 2.79. The Labute approximate surface area is 161 Å². The van der Waals surface area contributed by atoms with Crippen LogP contribution >= 0.6 is 0 Å². The van der Waals surface area contributed by atoms with Crippen molar-refractivity contribution in [3.05, 3.63) is 53.8 Å². The van der Waals surface area contributed by atoms with Gasteiger partial charge in [-0.15, -0.1) is 0 Å². The second kappa shape index (κ2) is 8.89. The van der Waals surface area contributed by atoms with Crippen LogP contribution < -0.4 is 15.1 Å². The van der Waals surface area contributed by atoms with Crippen molar-refractivity contribution in [1.82, 2.24) is 0 Å². The summed E-state index contributed by atoms with van der Waals surface area (Å²) in [4.78, 5) is 17.0. The summed E-state index contributed by atoms with van der Waals surface area (Å²) >= 11 is 0. The van der Waals surface area contributed by atoms with Crippen molar-refractivity contribution in [3.8, 4) is 0 Å². The molecule has 1 heterocycles. The molecule has 0 radical (unpaired) electrons. The molecule has 1 fully saturated rings. The molecule has 27 heavy (non-hydrogen) atoms. The minimum atomic E-state index is -0.399. The third-order valence-corrected chi connectivity index (χ3v) is 5.09. The lowest BCUT2D eigenvalue weighted by molar-refractivity contribution is 0.102. The largest absolute Gasteiger partial charge is 0.375 e. The van der Waals surface area contributed by atoms with E-state index in [0.29, 0.717) is 5.56 Å². The molecule has 0 atom stereocenters. The molecule has 0 spiro atoms. The first kappa shape index (κ1) is 19.2. The van der Waals surface area contributed by atoms with Crippen LogP contribution in [-0.2, 0) is 0 Å². The van der Waals surface area contributed by atoms with Crippen LogP contribution in [0.3, 0.4) is 0 Å². The van der Waals surface area contributed by atoms with Crippen molar-refractivity contribution in [2.45, 2.75) is 32.6 Å². The van der Waals surface area contributed by atoms with E-state index in [1.165, 1.54) is 6.07 Å². The average molecular weight is 369 g/mol. The molecule has 2 aromatic carbocycles. The fourth-order valence-electron chi connectivity index (χ4n) is 3.44. The molecule has 0 aromatic heterocycles. The Morgan fingerprint density at radius 1 is 1.15 bits per heavy atom. The molecule has 4 nitrogen and oxygen atoms in total. The van der Waals surface area contributed by atoms with Gasteiger partial charge in [-0.2, -0.15) is 0 Å². The van der Waals surface area contributed by atoms with Crippen molar-refractivity contribution >= 4 is 23.0 Å². The molecular weight excluding hydrogens is 341 g/mol. The lowest BCUT2D eigenvalue weighted by atomic mass is 10.1. The zero-order chi connectivity index (χ0) is 19.2. The Hall–Kier alpha value is -2.56. The Kier molecular flexibility index (Phi) is 6.32. The Morgan fingerprint density at radius 3 is 2.52 bits per heavy atom. The molecule has 0 bridgehead atoms. The van der Waals surface area contributed by atoms with Crippen LogP contribution in [0, 0.1) is 5.82 Å². The molecule has 0 aliphatic carbocycles. The van der Waals surface area contributed by atoms with E-state index in [0.717, 1.165) is 56.7 Å². The molecule has 1 amide bonds. The SMILES string of the molecule is CCCCN(C)c1ccc(C(=O)Nc2c(F)cccc2N2CCCC2)cc1. The molecule has 1 aliphatic rings. The second-order valence-corrected chi connectivity index (χ2v) is 7.10. The third-order valence-electron chi connectivity index (χ3n) is 5.09. The van der Waals surface area contributed by atoms with Gasteiger partial charge >= 0.3 is 0 Å². The highest BCUT2D eigenvalue weighted by Crippen LogP contribution is 2.31. The zero-order valence-electron chi connectivity index (χ0n) is 16.2. The average Bonchev–Trinajstić information content (AvgIpc) is 3.22.